The van der Waals surface area contributed by atoms with Gasteiger partial charge in [0.25, 0.3) is 0 Å². The topological polar surface area (TPSA) is 90.2 Å². The number of hydrogen-bond donors (Lipinski definition) is 3. The molecule has 26 heavy (non-hydrogen) atoms. The predicted octanol–water partition coefficient (Wildman–Crippen LogP) is 1.45. The SMILES string of the molecule is OCC(O)c1cc2n(n1)CCN(Cc1cn[nH]c1-c1cccc(F)c1)C2. The highest BCUT2D eigenvalue weighted by Crippen LogP contribution is 2.25. The first-order valence-corrected chi connectivity index (χ1v) is 8.50. The minimum atomic E-state index is -0.949. The van der Waals surface area contributed by atoms with Crippen LogP contribution in [0.3, 0.4) is 0 Å². The Labute approximate surface area is 149 Å². The van der Waals surface area contributed by atoms with E-state index in [9.17, 15) is 9.50 Å². The molecule has 0 spiro atoms. The van der Waals surface area contributed by atoms with E-state index in [0.29, 0.717) is 25.3 Å². The van der Waals surface area contributed by atoms with Crippen molar-refractivity contribution in [3.05, 3.63) is 59.3 Å². The van der Waals surface area contributed by atoms with Crippen molar-refractivity contribution < 1.29 is 14.6 Å². The van der Waals surface area contributed by atoms with Gasteiger partial charge in [-0.3, -0.25) is 14.7 Å². The highest BCUT2D eigenvalue weighted by atomic mass is 19.1. The highest BCUT2D eigenvalue weighted by Gasteiger charge is 2.22. The summed E-state index contributed by atoms with van der Waals surface area (Å²) in [6, 6.07) is 8.28. The Morgan fingerprint density at radius 1 is 1.27 bits per heavy atom. The number of benzene rings is 1. The van der Waals surface area contributed by atoms with Crippen molar-refractivity contribution in [3.8, 4) is 11.3 Å². The molecule has 1 aliphatic rings. The number of aliphatic hydroxyl groups is 2. The molecule has 3 heterocycles. The minimum absolute atomic E-state index is 0.278. The largest absolute Gasteiger partial charge is 0.393 e. The third kappa shape index (κ3) is 3.26. The number of nitrogens with zero attached hydrogens (tertiary/aromatic N) is 4. The average molecular weight is 357 g/mol. The van der Waals surface area contributed by atoms with Crippen LogP contribution >= 0.6 is 0 Å². The molecule has 0 bridgehead atoms. The second-order valence-corrected chi connectivity index (χ2v) is 6.47. The number of fused-ring (bicyclic) bond motifs is 1. The number of halogens is 1. The van der Waals surface area contributed by atoms with Crippen molar-refractivity contribution in [3.63, 3.8) is 0 Å². The number of H-pyrrole nitrogens is 1. The van der Waals surface area contributed by atoms with E-state index in [-0.39, 0.29) is 12.4 Å². The van der Waals surface area contributed by atoms with Crippen LogP contribution in [-0.2, 0) is 19.6 Å². The van der Waals surface area contributed by atoms with Crippen LogP contribution in [0.1, 0.15) is 23.1 Å². The van der Waals surface area contributed by atoms with Gasteiger partial charge in [-0.25, -0.2) is 4.39 Å². The zero-order chi connectivity index (χ0) is 18.1. The molecule has 0 fully saturated rings. The van der Waals surface area contributed by atoms with Crippen LogP contribution in [0.25, 0.3) is 11.3 Å². The summed E-state index contributed by atoms with van der Waals surface area (Å²) in [5.41, 5.74) is 4.08. The molecule has 4 rings (SSSR count). The molecule has 1 aliphatic heterocycles. The number of rotatable bonds is 5. The van der Waals surface area contributed by atoms with Gasteiger partial charge in [-0.05, 0) is 18.2 Å². The molecule has 3 aromatic rings. The monoisotopic (exact) mass is 357 g/mol. The van der Waals surface area contributed by atoms with E-state index in [4.69, 9.17) is 5.11 Å². The summed E-state index contributed by atoms with van der Waals surface area (Å²) < 4.78 is 15.4. The van der Waals surface area contributed by atoms with E-state index in [2.05, 4.69) is 20.2 Å². The number of aliphatic hydroxyl groups excluding tert-OH is 2. The van der Waals surface area contributed by atoms with E-state index >= 15 is 0 Å². The second kappa shape index (κ2) is 6.99. The summed E-state index contributed by atoms with van der Waals surface area (Å²) in [4.78, 5) is 2.25. The van der Waals surface area contributed by atoms with Gasteiger partial charge in [-0.15, -0.1) is 0 Å². The van der Waals surface area contributed by atoms with Gasteiger partial charge in [0.1, 0.15) is 11.9 Å². The molecule has 0 radical (unpaired) electrons. The van der Waals surface area contributed by atoms with Crippen LogP contribution in [-0.4, -0.2) is 48.2 Å². The minimum Gasteiger partial charge on any atom is -0.393 e. The van der Waals surface area contributed by atoms with Crippen LogP contribution in [0.4, 0.5) is 4.39 Å². The predicted molar refractivity (Wildman–Crippen MR) is 92.4 cm³/mol. The number of nitrogens with one attached hydrogen (secondary N) is 1. The standard InChI is InChI=1S/C18H20FN5O2/c19-14-3-1-2-12(6-14)18-13(8-20-21-18)9-23-4-5-24-15(10-23)7-16(22-24)17(26)11-25/h1-3,6-8,17,25-26H,4-5,9-11H2,(H,20,21). The summed E-state index contributed by atoms with van der Waals surface area (Å²) >= 11 is 0. The molecule has 0 saturated carbocycles. The van der Waals surface area contributed by atoms with Gasteiger partial charge >= 0.3 is 0 Å². The molecule has 136 valence electrons. The molecule has 7 nitrogen and oxygen atoms in total. The zero-order valence-corrected chi connectivity index (χ0v) is 14.1. The molecule has 0 saturated heterocycles. The fourth-order valence-corrected chi connectivity index (χ4v) is 3.30. The van der Waals surface area contributed by atoms with Crippen LogP contribution in [0.15, 0.2) is 36.5 Å². The molecule has 2 aromatic heterocycles. The van der Waals surface area contributed by atoms with Crippen LogP contribution < -0.4 is 0 Å². The van der Waals surface area contributed by atoms with Crippen LogP contribution in [0.5, 0.6) is 0 Å². The second-order valence-electron chi connectivity index (χ2n) is 6.47. The molecule has 0 aliphatic carbocycles. The Morgan fingerprint density at radius 2 is 2.15 bits per heavy atom. The maximum atomic E-state index is 13.5. The van der Waals surface area contributed by atoms with Crippen LogP contribution in [0, 0.1) is 5.82 Å². The van der Waals surface area contributed by atoms with E-state index in [1.807, 2.05) is 16.8 Å². The Balaban J connectivity index is 1.51. The van der Waals surface area contributed by atoms with Gasteiger partial charge in [0.15, 0.2) is 0 Å². The molecule has 0 amide bonds. The first-order valence-electron chi connectivity index (χ1n) is 8.50. The van der Waals surface area contributed by atoms with E-state index in [0.717, 1.165) is 29.1 Å². The zero-order valence-electron chi connectivity index (χ0n) is 14.1. The Morgan fingerprint density at radius 3 is 2.96 bits per heavy atom. The summed E-state index contributed by atoms with van der Waals surface area (Å²) in [5, 5.41) is 30.3. The summed E-state index contributed by atoms with van der Waals surface area (Å²) in [6.07, 6.45) is 0.822. The molecule has 8 heteroatoms. The number of hydrogen-bond acceptors (Lipinski definition) is 5. The lowest BCUT2D eigenvalue weighted by atomic mass is 10.1. The van der Waals surface area contributed by atoms with Crippen molar-refractivity contribution in [2.75, 3.05) is 13.2 Å². The quantitative estimate of drug-likeness (QED) is 0.643. The van der Waals surface area contributed by atoms with E-state index in [1.54, 1.807) is 12.3 Å². The van der Waals surface area contributed by atoms with Crippen LogP contribution in [0.2, 0.25) is 0 Å². The summed E-state index contributed by atoms with van der Waals surface area (Å²) in [7, 11) is 0. The van der Waals surface area contributed by atoms with Gasteiger partial charge in [0.05, 0.1) is 36.4 Å². The Hall–Kier alpha value is -2.55. The summed E-state index contributed by atoms with van der Waals surface area (Å²) in [5.74, 6) is -0.278. The fraction of sp³-hybridized carbons (Fsp3) is 0.333. The van der Waals surface area contributed by atoms with Gasteiger partial charge in [0, 0.05) is 30.8 Å². The van der Waals surface area contributed by atoms with E-state index in [1.165, 1.54) is 12.1 Å². The first kappa shape index (κ1) is 16.9. The number of aromatic amines is 1. The van der Waals surface area contributed by atoms with Crippen molar-refractivity contribution in [2.45, 2.75) is 25.7 Å². The van der Waals surface area contributed by atoms with Gasteiger partial charge in [-0.1, -0.05) is 12.1 Å². The highest BCUT2D eigenvalue weighted by molar-refractivity contribution is 5.62. The Bertz CT molecular complexity index is 907. The van der Waals surface area contributed by atoms with Gasteiger partial charge in [0.2, 0.25) is 0 Å². The first-order chi connectivity index (χ1) is 12.6. The third-order valence-electron chi connectivity index (χ3n) is 4.64. The molecule has 1 aromatic carbocycles. The lowest BCUT2D eigenvalue weighted by molar-refractivity contribution is 0.0915. The van der Waals surface area contributed by atoms with Crippen molar-refractivity contribution >= 4 is 0 Å². The fourth-order valence-electron chi connectivity index (χ4n) is 3.30. The number of aromatic nitrogens is 4. The van der Waals surface area contributed by atoms with Gasteiger partial charge < -0.3 is 10.2 Å². The maximum Gasteiger partial charge on any atom is 0.123 e. The average Bonchev–Trinajstić information content (AvgIpc) is 3.27. The molecule has 3 N–H and O–H groups in total. The Kier molecular flexibility index (Phi) is 4.54. The molecule has 1 atom stereocenters. The molecule has 1 unspecified atom stereocenters. The third-order valence-corrected chi connectivity index (χ3v) is 4.64. The lowest BCUT2D eigenvalue weighted by Crippen LogP contribution is -2.33. The van der Waals surface area contributed by atoms with E-state index < -0.39 is 6.10 Å². The molecular weight excluding hydrogens is 337 g/mol. The smallest absolute Gasteiger partial charge is 0.123 e. The van der Waals surface area contributed by atoms with Gasteiger partial charge in [-0.2, -0.15) is 10.2 Å². The van der Waals surface area contributed by atoms with Crippen molar-refractivity contribution in [1.29, 1.82) is 0 Å². The summed E-state index contributed by atoms with van der Waals surface area (Å²) in [6.45, 7) is 2.52. The molecular formula is C18H20FN5O2. The lowest BCUT2D eigenvalue weighted by Gasteiger charge is -2.27. The van der Waals surface area contributed by atoms with Crippen molar-refractivity contribution in [1.82, 2.24) is 24.9 Å². The van der Waals surface area contributed by atoms with Crippen molar-refractivity contribution in [2.24, 2.45) is 0 Å². The maximum absolute atomic E-state index is 13.5. The normalized spacial score (nSPS) is 15.8.